The topological polar surface area (TPSA) is 64.3 Å². The monoisotopic (exact) mass is 306 g/mol. The number of hydrogen-bond donors (Lipinski definition) is 2. The number of amides is 1. The van der Waals surface area contributed by atoms with Gasteiger partial charge >= 0.3 is 0 Å². The Balaban J connectivity index is 2.64. The van der Waals surface area contributed by atoms with Crippen LogP contribution in [0, 0.1) is 3.57 Å². The van der Waals surface area contributed by atoms with Crippen LogP contribution in [-0.4, -0.2) is 12.0 Å². The van der Waals surface area contributed by atoms with Gasteiger partial charge in [-0.15, -0.1) is 0 Å². The molecule has 0 heterocycles. The van der Waals surface area contributed by atoms with Crippen molar-refractivity contribution >= 4 is 28.5 Å². The predicted molar refractivity (Wildman–Crippen MR) is 61.6 cm³/mol. The van der Waals surface area contributed by atoms with E-state index in [2.05, 4.69) is 22.6 Å². The predicted octanol–water partition coefficient (Wildman–Crippen LogP) is 1.05. The number of nitrogens with two attached hydrogens (primary N) is 1. The molecule has 0 bridgehead atoms. The molecule has 0 radical (unpaired) electrons. The Morgan fingerprint density at radius 2 is 2.36 bits per heavy atom. The van der Waals surface area contributed by atoms with E-state index < -0.39 is 6.10 Å². The number of nitrogens with one attached hydrogen (secondary N) is 1. The summed E-state index contributed by atoms with van der Waals surface area (Å²) in [7, 11) is 0. The van der Waals surface area contributed by atoms with Gasteiger partial charge in [0.1, 0.15) is 5.75 Å². The molecule has 5 heteroatoms. The summed E-state index contributed by atoms with van der Waals surface area (Å²) in [4.78, 5) is 11.0. The minimum atomic E-state index is -0.585. The molecule has 1 atom stereocenters. The third-order valence-corrected chi connectivity index (χ3v) is 2.29. The van der Waals surface area contributed by atoms with Gasteiger partial charge in [-0.25, -0.2) is 5.84 Å². The van der Waals surface area contributed by atoms with Gasteiger partial charge in [0.2, 0.25) is 0 Å². The van der Waals surface area contributed by atoms with Crippen molar-refractivity contribution in [1.82, 2.24) is 5.43 Å². The van der Waals surface area contributed by atoms with Crippen molar-refractivity contribution in [3.8, 4) is 5.75 Å². The molecule has 0 aliphatic heterocycles. The van der Waals surface area contributed by atoms with Gasteiger partial charge in [-0.05, 0) is 47.7 Å². The maximum atomic E-state index is 11.0. The van der Waals surface area contributed by atoms with Gasteiger partial charge in [-0.2, -0.15) is 0 Å². The van der Waals surface area contributed by atoms with Gasteiger partial charge in [0.05, 0.1) is 0 Å². The summed E-state index contributed by atoms with van der Waals surface area (Å²) in [5, 5.41) is 0. The maximum Gasteiger partial charge on any atom is 0.274 e. The fourth-order valence-corrected chi connectivity index (χ4v) is 1.43. The molecule has 0 saturated carbocycles. The van der Waals surface area contributed by atoms with Crippen molar-refractivity contribution in [2.24, 2.45) is 5.84 Å². The smallest absolute Gasteiger partial charge is 0.274 e. The number of halogens is 1. The lowest BCUT2D eigenvalue weighted by atomic mass is 10.3. The molecule has 0 aliphatic carbocycles. The van der Waals surface area contributed by atoms with Crippen LogP contribution in [0.5, 0.6) is 5.75 Å². The molecule has 0 fully saturated rings. The quantitative estimate of drug-likeness (QED) is 0.380. The molecule has 0 spiro atoms. The van der Waals surface area contributed by atoms with Crippen LogP contribution in [0.1, 0.15) is 6.92 Å². The van der Waals surface area contributed by atoms with Crippen LogP contribution in [0.4, 0.5) is 0 Å². The first kappa shape index (κ1) is 11.3. The van der Waals surface area contributed by atoms with E-state index in [1.165, 1.54) is 0 Å². The highest BCUT2D eigenvalue weighted by molar-refractivity contribution is 14.1. The summed E-state index contributed by atoms with van der Waals surface area (Å²) in [6, 6.07) is 7.45. The van der Waals surface area contributed by atoms with Crippen LogP contribution in [-0.2, 0) is 4.79 Å². The molecular weight excluding hydrogens is 295 g/mol. The van der Waals surface area contributed by atoms with Gasteiger partial charge in [0, 0.05) is 3.57 Å². The molecular formula is C9H11IN2O2. The van der Waals surface area contributed by atoms with Crippen molar-refractivity contribution in [3.63, 3.8) is 0 Å². The number of hydrogen-bond acceptors (Lipinski definition) is 3. The van der Waals surface area contributed by atoms with Gasteiger partial charge in [0.25, 0.3) is 5.91 Å². The van der Waals surface area contributed by atoms with Crippen LogP contribution >= 0.6 is 22.6 Å². The molecule has 1 amide bonds. The highest BCUT2D eigenvalue weighted by Gasteiger charge is 2.12. The second-order valence-electron chi connectivity index (χ2n) is 2.73. The Bertz CT molecular complexity index is 330. The van der Waals surface area contributed by atoms with E-state index in [1.807, 2.05) is 23.6 Å². The number of rotatable bonds is 3. The molecule has 14 heavy (non-hydrogen) atoms. The molecule has 1 aromatic carbocycles. The second kappa shape index (κ2) is 5.16. The number of hydrazine groups is 1. The van der Waals surface area contributed by atoms with E-state index in [9.17, 15) is 4.79 Å². The van der Waals surface area contributed by atoms with Crippen molar-refractivity contribution in [2.45, 2.75) is 13.0 Å². The van der Waals surface area contributed by atoms with E-state index in [4.69, 9.17) is 10.6 Å². The summed E-state index contributed by atoms with van der Waals surface area (Å²) < 4.78 is 6.41. The van der Waals surface area contributed by atoms with Crippen LogP contribution in [0.15, 0.2) is 24.3 Å². The third-order valence-electron chi connectivity index (χ3n) is 1.62. The van der Waals surface area contributed by atoms with Gasteiger partial charge < -0.3 is 4.74 Å². The number of carbonyl (C=O) groups is 1. The maximum absolute atomic E-state index is 11.0. The van der Waals surface area contributed by atoms with Gasteiger partial charge in [-0.3, -0.25) is 10.2 Å². The highest BCUT2D eigenvalue weighted by atomic mass is 127. The Labute approximate surface area is 95.9 Å². The lowest BCUT2D eigenvalue weighted by Gasteiger charge is -2.12. The standard InChI is InChI=1S/C9H11IN2O2/c1-6(9(13)12-11)14-8-4-2-3-7(10)5-8/h2-6H,11H2,1H3,(H,12,13). The van der Waals surface area contributed by atoms with E-state index >= 15 is 0 Å². The highest BCUT2D eigenvalue weighted by Crippen LogP contribution is 2.15. The van der Waals surface area contributed by atoms with E-state index in [-0.39, 0.29) is 5.91 Å². The summed E-state index contributed by atoms with van der Waals surface area (Å²) in [5.41, 5.74) is 2.03. The van der Waals surface area contributed by atoms with E-state index in [1.54, 1.807) is 13.0 Å². The van der Waals surface area contributed by atoms with Crippen LogP contribution in [0.2, 0.25) is 0 Å². The van der Waals surface area contributed by atoms with E-state index in [0.717, 1.165) is 3.57 Å². The summed E-state index contributed by atoms with van der Waals surface area (Å²) in [5.74, 6) is 5.29. The first-order chi connectivity index (χ1) is 6.63. The lowest BCUT2D eigenvalue weighted by Crippen LogP contribution is -2.40. The number of ether oxygens (including phenoxy) is 1. The SMILES string of the molecule is CC(Oc1cccc(I)c1)C(=O)NN. The first-order valence-corrected chi connectivity index (χ1v) is 5.14. The Morgan fingerprint density at radius 3 is 2.93 bits per heavy atom. The molecule has 76 valence electrons. The van der Waals surface area contributed by atoms with Crippen molar-refractivity contribution in [2.75, 3.05) is 0 Å². The Morgan fingerprint density at radius 1 is 1.64 bits per heavy atom. The fraction of sp³-hybridized carbons (Fsp3) is 0.222. The van der Waals surface area contributed by atoms with Crippen molar-refractivity contribution in [3.05, 3.63) is 27.8 Å². The summed E-state index contributed by atoms with van der Waals surface area (Å²) in [6.45, 7) is 1.64. The molecule has 1 unspecified atom stereocenters. The lowest BCUT2D eigenvalue weighted by molar-refractivity contribution is -0.127. The first-order valence-electron chi connectivity index (χ1n) is 4.06. The molecule has 0 aliphatic rings. The minimum absolute atomic E-state index is 0.344. The second-order valence-corrected chi connectivity index (χ2v) is 3.97. The molecule has 3 N–H and O–H groups in total. The minimum Gasteiger partial charge on any atom is -0.481 e. The van der Waals surface area contributed by atoms with Crippen molar-refractivity contribution < 1.29 is 9.53 Å². The average Bonchev–Trinajstić information content (AvgIpc) is 2.16. The Hall–Kier alpha value is -0.820. The zero-order valence-corrected chi connectivity index (χ0v) is 9.82. The zero-order valence-electron chi connectivity index (χ0n) is 7.66. The Kier molecular flexibility index (Phi) is 4.15. The van der Waals surface area contributed by atoms with Crippen LogP contribution in [0.25, 0.3) is 0 Å². The van der Waals surface area contributed by atoms with Crippen LogP contribution < -0.4 is 16.0 Å². The van der Waals surface area contributed by atoms with Crippen LogP contribution in [0.3, 0.4) is 0 Å². The molecule has 0 aromatic heterocycles. The largest absolute Gasteiger partial charge is 0.481 e. The molecule has 1 rings (SSSR count). The normalized spacial score (nSPS) is 11.9. The molecule has 4 nitrogen and oxygen atoms in total. The summed E-state index contributed by atoms with van der Waals surface area (Å²) in [6.07, 6.45) is -0.585. The number of benzene rings is 1. The average molecular weight is 306 g/mol. The number of carbonyl (C=O) groups excluding carboxylic acids is 1. The third kappa shape index (κ3) is 3.15. The van der Waals surface area contributed by atoms with Gasteiger partial charge in [0.15, 0.2) is 6.10 Å². The fourth-order valence-electron chi connectivity index (χ4n) is 0.915. The molecule has 1 aromatic rings. The summed E-state index contributed by atoms with van der Waals surface area (Å²) >= 11 is 2.17. The van der Waals surface area contributed by atoms with E-state index in [0.29, 0.717) is 5.75 Å². The molecule has 0 saturated heterocycles. The van der Waals surface area contributed by atoms with Crippen molar-refractivity contribution in [1.29, 1.82) is 0 Å². The zero-order chi connectivity index (χ0) is 10.6. The van der Waals surface area contributed by atoms with Gasteiger partial charge in [-0.1, -0.05) is 6.07 Å².